The number of hydrazine groups is 3. The van der Waals surface area contributed by atoms with Gasteiger partial charge in [-0.15, -0.1) is 0 Å². The van der Waals surface area contributed by atoms with Crippen molar-refractivity contribution in [1.29, 1.82) is 0 Å². The maximum Gasteiger partial charge on any atom is 0.0623 e. The lowest BCUT2D eigenvalue weighted by molar-refractivity contribution is -0.0423. The molecule has 4 aliphatic rings. The lowest BCUT2D eigenvalue weighted by Gasteiger charge is -2.48. The van der Waals surface area contributed by atoms with Gasteiger partial charge >= 0.3 is 0 Å². The molecule has 2 aliphatic heterocycles. The van der Waals surface area contributed by atoms with Gasteiger partial charge in [0.15, 0.2) is 0 Å². The Hall–Kier alpha value is -0.420. The smallest absolute Gasteiger partial charge is 0.0623 e. The maximum absolute atomic E-state index is 3.59. The number of hydrogen-bond donors (Lipinski definition) is 2. The summed E-state index contributed by atoms with van der Waals surface area (Å²) in [4.78, 5) is 0. The van der Waals surface area contributed by atoms with Crippen molar-refractivity contribution in [3.63, 3.8) is 0 Å². The fourth-order valence-electron chi connectivity index (χ4n) is 4.37. The molecule has 4 nitrogen and oxygen atoms in total. The Balaban J connectivity index is 1.75. The second-order valence-electron chi connectivity index (χ2n) is 5.84. The third-order valence-corrected chi connectivity index (χ3v) is 5.08. The van der Waals surface area contributed by atoms with Crippen molar-refractivity contribution < 1.29 is 0 Å². The zero-order chi connectivity index (χ0) is 10.9. The fraction of sp³-hybridized carbons (Fsp3) is 0.833. The SMILES string of the molecule is C[C@@H]1NN2NN(C)C3CCC4C=CC1C4C32. The van der Waals surface area contributed by atoms with Crippen LogP contribution in [0.5, 0.6) is 0 Å². The Morgan fingerprint density at radius 3 is 3.00 bits per heavy atom. The van der Waals surface area contributed by atoms with Crippen LogP contribution in [0.3, 0.4) is 0 Å². The van der Waals surface area contributed by atoms with E-state index in [1.807, 2.05) is 0 Å². The Morgan fingerprint density at radius 2 is 2.12 bits per heavy atom. The molecule has 2 N–H and O–H groups in total. The topological polar surface area (TPSA) is 30.5 Å². The molecule has 0 amide bonds. The molecule has 16 heavy (non-hydrogen) atoms. The first kappa shape index (κ1) is 9.59. The normalized spacial score (nSPS) is 55.6. The summed E-state index contributed by atoms with van der Waals surface area (Å²) in [6, 6.07) is 1.89. The minimum Gasteiger partial charge on any atom is -0.237 e. The number of nitrogens with zero attached hydrogens (tertiary/aromatic N) is 2. The van der Waals surface area contributed by atoms with Crippen LogP contribution in [0.1, 0.15) is 19.8 Å². The first-order valence-corrected chi connectivity index (χ1v) is 6.48. The van der Waals surface area contributed by atoms with Crippen molar-refractivity contribution in [2.75, 3.05) is 7.05 Å². The highest BCUT2D eigenvalue weighted by Crippen LogP contribution is 2.48. The average molecular weight is 220 g/mol. The van der Waals surface area contributed by atoms with Crippen LogP contribution in [0.2, 0.25) is 0 Å². The molecule has 0 radical (unpaired) electrons. The van der Waals surface area contributed by atoms with E-state index in [4.69, 9.17) is 0 Å². The highest BCUT2D eigenvalue weighted by Gasteiger charge is 2.55. The largest absolute Gasteiger partial charge is 0.237 e. The van der Waals surface area contributed by atoms with Crippen LogP contribution in [-0.2, 0) is 0 Å². The van der Waals surface area contributed by atoms with Crippen molar-refractivity contribution in [3.05, 3.63) is 12.2 Å². The zero-order valence-corrected chi connectivity index (χ0v) is 9.93. The summed E-state index contributed by atoms with van der Waals surface area (Å²) in [5.74, 6) is 2.39. The quantitative estimate of drug-likeness (QED) is 0.582. The van der Waals surface area contributed by atoms with Crippen molar-refractivity contribution in [2.24, 2.45) is 17.8 Å². The number of likely N-dealkylation sites (N-methyl/N-ethyl adjacent to an activating group) is 1. The summed E-state index contributed by atoms with van der Waals surface area (Å²) < 4.78 is 0. The molecule has 0 aromatic carbocycles. The Kier molecular flexibility index (Phi) is 1.84. The molecule has 2 saturated heterocycles. The van der Waals surface area contributed by atoms with E-state index in [1.54, 1.807) is 0 Å². The molecule has 1 saturated carbocycles. The van der Waals surface area contributed by atoms with Crippen LogP contribution < -0.4 is 11.0 Å². The van der Waals surface area contributed by atoms with E-state index in [0.29, 0.717) is 18.1 Å². The van der Waals surface area contributed by atoms with E-state index < -0.39 is 0 Å². The first-order valence-electron chi connectivity index (χ1n) is 6.48. The third-order valence-electron chi connectivity index (χ3n) is 5.08. The predicted octanol–water partition coefficient (Wildman–Crippen LogP) is 0.509. The maximum atomic E-state index is 3.59. The zero-order valence-electron chi connectivity index (χ0n) is 9.93. The van der Waals surface area contributed by atoms with Gasteiger partial charge in [0.25, 0.3) is 0 Å². The predicted molar refractivity (Wildman–Crippen MR) is 61.8 cm³/mol. The molecule has 3 fully saturated rings. The van der Waals surface area contributed by atoms with Crippen LogP contribution >= 0.6 is 0 Å². The van der Waals surface area contributed by atoms with E-state index in [9.17, 15) is 0 Å². The number of hydrogen-bond acceptors (Lipinski definition) is 4. The summed E-state index contributed by atoms with van der Waals surface area (Å²) in [5, 5.41) is 4.57. The van der Waals surface area contributed by atoms with Crippen LogP contribution in [0.15, 0.2) is 12.2 Å². The van der Waals surface area contributed by atoms with Gasteiger partial charge in [0.05, 0.1) is 6.04 Å². The van der Waals surface area contributed by atoms with Gasteiger partial charge in [-0.1, -0.05) is 12.2 Å². The highest BCUT2D eigenvalue weighted by molar-refractivity contribution is 5.18. The van der Waals surface area contributed by atoms with Crippen molar-refractivity contribution in [1.82, 2.24) is 21.1 Å². The molecule has 4 heteroatoms. The average Bonchev–Trinajstić information content (AvgIpc) is 2.80. The Bertz CT molecular complexity index is 342. The fourth-order valence-corrected chi connectivity index (χ4v) is 4.37. The Morgan fingerprint density at radius 1 is 1.25 bits per heavy atom. The van der Waals surface area contributed by atoms with Crippen molar-refractivity contribution >= 4 is 0 Å². The van der Waals surface area contributed by atoms with Gasteiger partial charge in [-0.3, -0.25) is 0 Å². The molecular weight excluding hydrogens is 200 g/mol. The van der Waals surface area contributed by atoms with Gasteiger partial charge in [-0.05, 0) is 37.5 Å². The first-order chi connectivity index (χ1) is 7.75. The highest BCUT2D eigenvalue weighted by atomic mass is 15.9. The van der Waals surface area contributed by atoms with Gasteiger partial charge in [0.2, 0.25) is 0 Å². The van der Waals surface area contributed by atoms with Crippen molar-refractivity contribution in [2.45, 2.75) is 37.9 Å². The molecule has 2 heterocycles. The van der Waals surface area contributed by atoms with E-state index in [-0.39, 0.29) is 0 Å². The van der Waals surface area contributed by atoms with Gasteiger partial charge < -0.3 is 0 Å². The lowest BCUT2D eigenvalue weighted by Crippen LogP contribution is -2.64. The molecule has 0 aromatic rings. The number of nitrogens with one attached hydrogen (secondary N) is 2. The van der Waals surface area contributed by atoms with E-state index in [1.165, 1.54) is 12.8 Å². The van der Waals surface area contributed by atoms with Crippen LogP contribution in [-0.4, -0.2) is 35.3 Å². The molecule has 4 rings (SSSR count). The van der Waals surface area contributed by atoms with Gasteiger partial charge in [-0.2, -0.15) is 10.7 Å². The summed E-state index contributed by atoms with van der Waals surface area (Å²) >= 11 is 0. The van der Waals surface area contributed by atoms with E-state index in [2.05, 4.69) is 47.2 Å². The summed E-state index contributed by atoms with van der Waals surface area (Å²) in [5.41, 5.74) is 7.05. The summed E-state index contributed by atoms with van der Waals surface area (Å²) in [6.07, 6.45) is 7.63. The number of allylic oxidation sites excluding steroid dienone is 1. The second-order valence-corrected chi connectivity index (χ2v) is 5.84. The van der Waals surface area contributed by atoms with Crippen molar-refractivity contribution in [3.8, 4) is 0 Å². The molecule has 5 unspecified atom stereocenters. The third kappa shape index (κ3) is 1.03. The molecule has 6 atom stereocenters. The molecule has 0 aromatic heterocycles. The van der Waals surface area contributed by atoms with Gasteiger partial charge in [-0.25, -0.2) is 10.4 Å². The monoisotopic (exact) mass is 220 g/mol. The molecule has 88 valence electrons. The minimum atomic E-state index is 0.556. The molecule has 0 spiro atoms. The number of rotatable bonds is 0. The lowest BCUT2D eigenvalue weighted by atomic mass is 9.69. The summed E-state index contributed by atoms with van der Waals surface area (Å²) in [6.45, 7) is 2.30. The molecule has 0 bridgehead atoms. The van der Waals surface area contributed by atoms with Gasteiger partial charge in [0, 0.05) is 19.1 Å². The van der Waals surface area contributed by atoms with Crippen LogP contribution in [0.4, 0.5) is 0 Å². The standard InChI is InChI=1S/C12H20N4/c1-7-9-5-3-8-4-6-10-12(11(8)9)16(13-7)14-15(10)2/h3,5,7-14H,4,6H2,1-2H3/t7-,8?,9?,10?,11?,12?/m0/s1. The van der Waals surface area contributed by atoms with Gasteiger partial charge in [0.1, 0.15) is 0 Å². The minimum absolute atomic E-state index is 0.556. The van der Waals surface area contributed by atoms with E-state index in [0.717, 1.165) is 17.8 Å². The van der Waals surface area contributed by atoms with Crippen LogP contribution in [0, 0.1) is 17.8 Å². The van der Waals surface area contributed by atoms with E-state index >= 15 is 0 Å². The molecular formula is C12H20N4. The summed E-state index contributed by atoms with van der Waals surface area (Å²) in [7, 11) is 2.17. The molecule has 2 aliphatic carbocycles. The Labute approximate surface area is 96.6 Å². The van der Waals surface area contributed by atoms with Crippen LogP contribution in [0.25, 0.3) is 0 Å². The second kappa shape index (κ2) is 3.07.